The molecule has 156 valence electrons. The van der Waals surface area contributed by atoms with E-state index >= 15 is 0 Å². The molecule has 1 aromatic carbocycles. The second-order valence-electron chi connectivity index (χ2n) is 6.61. The number of pyridine rings is 1. The highest BCUT2D eigenvalue weighted by molar-refractivity contribution is 5.80. The van der Waals surface area contributed by atoms with Gasteiger partial charge in [-0.1, -0.05) is 18.2 Å². The second-order valence-corrected chi connectivity index (χ2v) is 6.61. The van der Waals surface area contributed by atoms with E-state index in [1.165, 1.54) is 6.07 Å². The zero-order valence-corrected chi connectivity index (χ0v) is 16.2. The summed E-state index contributed by atoms with van der Waals surface area (Å²) in [5, 5.41) is 3.27. The van der Waals surface area contributed by atoms with Crippen molar-refractivity contribution in [2.75, 3.05) is 44.7 Å². The molecular formula is C20H24F3N5O. The van der Waals surface area contributed by atoms with Crippen LogP contribution in [0.2, 0.25) is 0 Å². The summed E-state index contributed by atoms with van der Waals surface area (Å²) < 4.78 is 41.8. The van der Waals surface area contributed by atoms with Crippen LogP contribution in [-0.4, -0.2) is 61.9 Å². The lowest BCUT2D eigenvalue weighted by Crippen LogP contribution is -2.52. The van der Waals surface area contributed by atoms with Crippen LogP contribution in [0.5, 0.6) is 5.75 Å². The first kappa shape index (κ1) is 20.8. The van der Waals surface area contributed by atoms with E-state index in [0.717, 1.165) is 43.5 Å². The Morgan fingerprint density at radius 3 is 2.59 bits per heavy atom. The van der Waals surface area contributed by atoms with Crippen molar-refractivity contribution in [2.24, 2.45) is 4.99 Å². The van der Waals surface area contributed by atoms with E-state index in [1.54, 1.807) is 25.4 Å². The third-order valence-corrected chi connectivity index (χ3v) is 4.52. The molecule has 29 heavy (non-hydrogen) atoms. The fourth-order valence-electron chi connectivity index (χ4n) is 3.11. The predicted molar refractivity (Wildman–Crippen MR) is 106 cm³/mol. The molecule has 9 heteroatoms. The van der Waals surface area contributed by atoms with E-state index in [2.05, 4.69) is 25.1 Å². The molecule has 2 aromatic rings. The number of anilines is 1. The van der Waals surface area contributed by atoms with Gasteiger partial charge in [0.2, 0.25) is 0 Å². The van der Waals surface area contributed by atoms with Crippen LogP contribution < -0.4 is 15.0 Å². The number of rotatable bonds is 5. The number of alkyl halides is 3. The molecule has 0 atom stereocenters. The van der Waals surface area contributed by atoms with Crippen LogP contribution in [0.4, 0.5) is 19.0 Å². The Hall–Kier alpha value is -2.97. The lowest BCUT2D eigenvalue weighted by molar-refractivity contribution is -0.153. The minimum Gasteiger partial charge on any atom is -0.484 e. The number of aliphatic imine (C=N–C) groups is 1. The van der Waals surface area contributed by atoms with Crippen molar-refractivity contribution in [1.29, 1.82) is 0 Å². The normalized spacial score (nSPS) is 15.4. The summed E-state index contributed by atoms with van der Waals surface area (Å²) in [6.45, 7) is 2.40. The summed E-state index contributed by atoms with van der Waals surface area (Å²) in [5.74, 6) is 1.92. The smallest absolute Gasteiger partial charge is 0.422 e. The molecule has 2 heterocycles. The van der Waals surface area contributed by atoms with Crippen LogP contribution in [0.3, 0.4) is 0 Å². The number of benzene rings is 1. The Kier molecular flexibility index (Phi) is 6.79. The summed E-state index contributed by atoms with van der Waals surface area (Å²) in [6, 6.07) is 12.5. The fourth-order valence-corrected chi connectivity index (χ4v) is 3.11. The summed E-state index contributed by atoms with van der Waals surface area (Å²) in [4.78, 5) is 13.1. The van der Waals surface area contributed by atoms with Crippen LogP contribution in [0.25, 0.3) is 0 Å². The summed E-state index contributed by atoms with van der Waals surface area (Å²) in [5.41, 5.74) is 0.818. The molecule has 1 fully saturated rings. The van der Waals surface area contributed by atoms with Gasteiger partial charge in [-0.15, -0.1) is 0 Å². The average molecular weight is 407 g/mol. The van der Waals surface area contributed by atoms with E-state index in [-0.39, 0.29) is 5.75 Å². The fraction of sp³-hybridized carbons (Fsp3) is 0.400. The highest BCUT2D eigenvalue weighted by Gasteiger charge is 2.28. The van der Waals surface area contributed by atoms with Gasteiger partial charge in [-0.05, 0) is 29.8 Å². The maximum Gasteiger partial charge on any atom is 0.422 e. The molecule has 0 amide bonds. The predicted octanol–water partition coefficient (Wildman–Crippen LogP) is 2.92. The van der Waals surface area contributed by atoms with Crippen LogP contribution in [0.15, 0.2) is 53.7 Å². The number of aromatic nitrogens is 1. The lowest BCUT2D eigenvalue weighted by atomic mass is 10.2. The molecule has 1 aliphatic heterocycles. The monoisotopic (exact) mass is 407 g/mol. The molecule has 6 nitrogen and oxygen atoms in total. The SMILES string of the molecule is CN=C(NCc1cccc(OCC(F)(F)F)c1)N1CCN(c2ccccn2)CC1. The largest absolute Gasteiger partial charge is 0.484 e. The van der Waals surface area contributed by atoms with Gasteiger partial charge in [-0.2, -0.15) is 13.2 Å². The zero-order valence-electron chi connectivity index (χ0n) is 16.2. The summed E-state index contributed by atoms with van der Waals surface area (Å²) >= 11 is 0. The summed E-state index contributed by atoms with van der Waals surface area (Å²) in [6.07, 6.45) is -2.57. The van der Waals surface area contributed by atoms with Crippen molar-refractivity contribution in [2.45, 2.75) is 12.7 Å². The van der Waals surface area contributed by atoms with Gasteiger partial charge in [0.05, 0.1) is 0 Å². The van der Waals surface area contributed by atoms with E-state index in [9.17, 15) is 13.2 Å². The molecule has 0 spiro atoms. The second kappa shape index (κ2) is 9.49. The molecule has 3 rings (SSSR count). The molecule has 0 radical (unpaired) electrons. The molecular weight excluding hydrogens is 383 g/mol. The summed E-state index contributed by atoms with van der Waals surface area (Å²) in [7, 11) is 1.72. The molecule has 0 bridgehead atoms. The molecule has 0 aliphatic carbocycles. The van der Waals surface area contributed by atoms with Crippen molar-refractivity contribution < 1.29 is 17.9 Å². The first-order valence-corrected chi connectivity index (χ1v) is 9.35. The molecule has 1 aromatic heterocycles. The van der Waals surface area contributed by atoms with E-state index < -0.39 is 12.8 Å². The minimum atomic E-state index is -4.35. The Morgan fingerprint density at radius 1 is 1.14 bits per heavy atom. The van der Waals surface area contributed by atoms with Crippen molar-refractivity contribution in [3.05, 3.63) is 54.2 Å². The first-order valence-electron chi connectivity index (χ1n) is 9.35. The number of ether oxygens (including phenoxy) is 1. The highest BCUT2D eigenvalue weighted by Crippen LogP contribution is 2.19. The van der Waals surface area contributed by atoms with Gasteiger partial charge in [0.25, 0.3) is 0 Å². The third kappa shape index (κ3) is 6.27. The van der Waals surface area contributed by atoms with Gasteiger partial charge in [0, 0.05) is 46.0 Å². The lowest BCUT2D eigenvalue weighted by Gasteiger charge is -2.37. The van der Waals surface area contributed by atoms with Crippen LogP contribution in [0, 0.1) is 0 Å². The highest BCUT2D eigenvalue weighted by atomic mass is 19.4. The number of hydrogen-bond acceptors (Lipinski definition) is 4. The van der Waals surface area contributed by atoms with Crippen molar-refractivity contribution in [3.63, 3.8) is 0 Å². The van der Waals surface area contributed by atoms with E-state index in [4.69, 9.17) is 4.74 Å². The van der Waals surface area contributed by atoms with E-state index in [1.807, 2.05) is 24.3 Å². The minimum absolute atomic E-state index is 0.195. The molecule has 1 N–H and O–H groups in total. The molecule has 0 unspecified atom stereocenters. The molecule has 1 aliphatic rings. The third-order valence-electron chi connectivity index (χ3n) is 4.52. The zero-order chi connectivity index (χ0) is 20.7. The Balaban J connectivity index is 1.51. The Morgan fingerprint density at radius 2 is 1.93 bits per heavy atom. The number of nitrogens with zero attached hydrogens (tertiary/aromatic N) is 4. The quantitative estimate of drug-likeness (QED) is 0.610. The maximum absolute atomic E-state index is 12.3. The van der Waals surface area contributed by atoms with Crippen LogP contribution in [0.1, 0.15) is 5.56 Å². The van der Waals surface area contributed by atoms with Crippen molar-refractivity contribution in [1.82, 2.24) is 15.2 Å². The number of nitrogens with one attached hydrogen (secondary N) is 1. The molecule has 1 saturated heterocycles. The van der Waals surface area contributed by atoms with Gasteiger partial charge in [0.15, 0.2) is 12.6 Å². The van der Waals surface area contributed by atoms with E-state index in [0.29, 0.717) is 6.54 Å². The van der Waals surface area contributed by atoms with Gasteiger partial charge in [-0.25, -0.2) is 4.98 Å². The van der Waals surface area contributed by atoms with Crippen LogP contribution in [-0.2, 0) is 6.54 Å². The Labute approximate surface area is 168 Å². The maximum atomic E-state index is 12.3. The Bertz CT molecular complexity index is 805. The van der Waals surface area contributed by atoms with Gasteiger partial charge < -0.3 is 19.9 Å². The standard InChI is InChI=1S/C20H24F3N5O/c1-24-19(28-11-9-27(10-12-28)18-7-2-3-8-25-18)26-14-16-5-4-6-17(13-16)29-15-20(21,22)23/h2-8,13H,9-12,14-15H2,1H3,(H,24,26). The van der Waals surface area contributed by atoms with Gasteiger partial charge in [0.1, 0.15) is 11.6 Å². The number of hydrogen-bond donors (Lipinski definition) is 1. The van der Waals surface area contributed by atoms with Crippen LogP contribution >= 0.6 is 0 Å². The van der Waals surface area contributed by atoms with Crippen molar-refractivity contribution >= 4 is 11.8 Å². The number of halogens is 3. The average Bonchev–Trinajstić information content (AvgIpc) is 2.74. The first-order chi connectivity index (χ1) is 13.9. The molecule has 0 saturated carbocycles. The van der Waals surface area contributed by atoms with Gasteiger partial charge >= 0.3 is 6.18 Å². The van der Waals surface area contributed by atoms with Crippen molar-refractivity contribution in [3.8, 4) is 5.75 Å². The number of piperazine rings is 1. The topological polar surface area (TPSA) is 53.0 Å². The van der Waals surface area contributed by atoms with Gasteiger partial charge in [-0.3, -0.25) is 4.99 Å². The number of guanidine groups is 1.